The number of hydrazine groups is 1. The molecule has 1 unspecified atom stereocenters. The number of nitrogens with one attached hydrogen (secondary N) is 2. The van der Waals surface area contributed by atoms with Crippen molar-refractivity contribution in [1.29, 1.82) is 0 Å². The number of guanidine groups is 1. The number of ether oxygens (including phenoxy) is 2. The molecular weight excluding hydrogens is 244 g/mol. The van der Waals surface area contributed by atoms with E-state index in [0.29, 0.717) is 18.6 Å². The van der Waals surface area contributed by atoms with Gasteiger partial charge in [-0.25, -0.2) is 5.84 Å². The van der Waals surface area contributed by atoms with Crippen LogP contribution in [0.1, 0.15) is 39.0 Å². The Labute approximate surface area is 116 Å². The molecule has 1 saturated heterocycles. The average Bonchev–Trinajstić information content (AvgIpc) is 2.46. The quantitative estimate of drug-likeness (QED) is 0.200. The lowest BCUT2D eigenvalue weighted by Gasteiger charge is -2.22. The van der Waals surface area contributed by atoms with Crippen LogP contribution in [0, 0.1) is 0 Å². The van der Waals surface area contributed by atoms with E-state index < -0.39 is 0 Å². The normalized spacial score (nSPS) is 20.3. The van der Waals surface area contributed by atoms with Crippen molar-refractivity contribution >= 4 is 5.96 Å². The van der Waals surface area contributed by atoms with E-state index in [1.54, 1.807) is 0 Å². The summed E-state index contributed by atoms with van der Waals surface area (Å²) in [5.41, 5.74) is 2.59. The Bertz CT molecular complexity index is 243. The van der Waals surface area contributed by atoms with Crippen LogP contribution >= 0.6 is 0 Å². The lowest BCUT2D eigenvalue weighted by Crippen LogP contribution is -2.43. The first-order chi connectivity index (χ1) is 9.36. The highest BCUT2D eigenvalue weighted by molar-refractivity contribution is 5.79. The Morgan fingerprint density at radius 1 is 1.47 bits per heavy atom. The zero-order valence-electron chi connectivity index (χ0n) is 12.0. The number of aliphatic imine (C=N–C) groups is 1. The van der Waals surface area contributed by atoms with E-state index in [-0.39, 0.29) is 0 Å². The summed E-state index contributed by atoms with van der Waals surface area (Å²) in [4.78, 5) is 4.35. The molecule has 0 bridgehead atoms. The van der Waals surface area contributed by atoms with Gasteiger partial charge in [0.1, 0.15) is 0 Å². The van der Waals surface area contributed by atoms with E-state index in [4.69, 9.17) is 15.3 Å². The Kier molecular flexibility index (Phi) is 9.40. The Hall–Kier alpha value is -0.850. The number of nitrogens with zero attached hydrogens (tertiary/aromatic N) is 1. The van der Waals surface area contributed by atoms with Crippen LogP contribution in [-0.2, 0) is 9.47 Å². The van der Waals surface area contributed by atoms with Crippen LogP contribution in [0.2, 0.25) is 0 Å². The topological polar surface area (TPSA) is 80.9 Å². The van der Waals surface area contributed by atoms with E-state index in [1.807, 2.05) is 6.92 Å². The molecule has 1 aliphatic heterocycles. The van der Waals surface area contributed by atoms with Gasteiger partial charge in [-0.2, -0.15) is 0 Å². The van der Waals surface area contributed by atoms with Crippen molar-refractivity contribution in [3.8, 4) is 0 Å². The molecule has 1 rings (SSSR count). The molecule has 1 aliphatic rings. The number of nitrogens with two attached hydrogens (primary N) is 1. The molecule has 0 aliphatic carbocycles. The van der Waals surface area contributed by atoms with Crippen molar-refractivity contribution in [2.75, 3.05) is 32.9 Å². The summed E-state index contributed by atoms with van der Waals surface area (Å²) in [6.07, 6.45) is 5.93. The Balaban J connectivity index is 2.07. The molecule has 1 fully saturated rings. The molecule has 6 nitrogen and oxygen atoms in total. The van der Waals surface area contributed by atoms with Crippen molar-refractivity contribution in [2.24, 2.45) is 10.8 Å². The standard InChI is InChI=1S/C13H28N4O2/c1-2-18-10-5-8-15-13(17-14)16-9-7-12-6-3-4-11-19-12/h12H,2-11,14H2,1H3,(H2,15,16,17). The number of hydrogen-bond acceptors (Lipinski definition) is 4. The Morgan fingerprint density at radius 2 is 2.37 bits per heavy atom. The van der Waals surface area contributed by atoms with Crippen molar-refractivity contribution in [2.45, 2.75) is 45.1 Å². The fourth-order valence-corrected chi connectivity index (χ4v) is 2.04. The summed E-state index contributed by atoms with van der Waals surface area (Å²) < 4.78 is 10.9. The maximum absolute atomic E-state index is 5.67. The molecule has 0 radical (unpaired) electrons. The smallest absolute Gasteiger partial charge is 0.205 e. The third-order valence-corrected chi connectivity index (χ3v) is 3.09. The molecule has 0 saturated carbocycles. The molecule has 0 aromatic rings. The fraction of sp³-hybridized carbons (Fsp3) is 0.923. The number of rotatable bonds is 8. The fourth-order valence-electron chi connectivity index (χ4n) is 2.04. The third kappa shape index (κ3) is 8.02. The van der Waals surface area contributed by atoms with Gasteiger partial charge in [0.2, 0.25) is 5.96 Å². The highest BCUT2D eigenvalue weighted by Gasteiger charge is 2.13. The van der Waals surface area contributed by atoms with Crippen LogP contribution in [0.5, 0.6) is 0 Å². The monoisotopic (exact) mass is 272 g/mol. The summed E-state index contributed by atoms with van der Waals surface area (Å²) in [5, 5.41) is 3.20. The van der Waals surface area contributed by atoms with E-state index in [1.165, 1.54) is 19.3 Å². The van der Waals surface area contributed by atoms with Crippen molar-refractivity contribution in [3.05, 3.63) is 0 Å². The SMILES string of the molecule is CCOCCCN=C(NN)NCCC1CCCCO1. The second-order valence-corrected chi connectivity index (χ2v) is 4.63. The maximum atomic E-state index is 5.67. The van der Waals surface area contributed by atoms with E-state index in [9.17, 15) is 0 Å². The summed E-state index contributed by atoms with van der Waals surface area (Å²) in [6, 6.07) is 0. The van der Waals surface area contributed by atoms with Gasteiger partial charge in [-0.15, -0.1) is 0 Å². The summed E-state index contributed by atoms with van der Waals surface area (Å²) in [7, 11) is 0. The van der Waals surface area contributed by atoms with Gasteiger partial charge in [0.05, 0.1) is 6.10 Å². The molecule has 0 amide bonds. The minimum absolute atomic E-state index is 0.387. The zero-order chi connectivity index (χ0) is 13.8. The van der Waals surface area contributed by atoms with Crippen LogP contribution in [0.15, 0.2) is 4.99 Å². The first kappa shape index (κ1) is 16.2. The van der Waals surface area contributed by atoms with Crippen LogP contribution < -0.4 is 16.6 Å². The summed E-state index contributed by atoms with van der Waals surface area (Å²) in [5.74, 6) is 6.07. The molecular formula is C13H28N4O2. The summed E-state index contributed by atoms with van der Waals surface area (Å²) >= 11 is 0. The average molecular weight is 272 g/mol. The molecule has 0 aromatic carbocycles. The minimum atomic E-state index is 0.387. The largest absolute Gasteiger partial charge is 0.382 e. The number of hydrogen-bond donors (Lipinski definition) is 3. The highest BCUT2D eigenvalue weighted by atomic mass is 16.5. The molecule has 1 heterocycles. The van der Waals surface area contributed by atoms with Crippen molar-refractivity contribution in [3.63, 3.8) is 0 Å². The van der Waals surface area contributed by atoms with Gasteiger partial charge in [0.15, 0.2) is 0 Å². The molecule has 4 N–H and O–H groups in total. The zero-order valence-corrected chi connectivity index (χ0v) is 12.0. The lowest BCUT2D eigenvalue weighted by atomic mass is 10.1. The van der Waals surface area contributed by atoms with Gasteiger partial charge in [-0.1, -0.05) is 0 Å². The Morgan fingerprint density at radius 3 is 3.05 bits per heavy atom. The van der Waals surface area contributed by atoms with Crippen LogP contribution in [0.3, 0.4) is 0 Å². The molecule has 0 aromatic heterocycles. The van der Waals surface area contributed by atoms with E-state index in [0.717, 1.165) is 39.2 Å². The molecule has 0 spiro atoms. The second kappa shape index (κ2) is 11.0. The maximum Gasteiger partial charge on any atom is 0.205 e. The van der Waals surface area contributed by atoms with Gasteiger partial charge >= 0.3 is 0 Å². The van der Waals surface area contributed by atoms with Crippen LogP contribution in [0.4, 0.5) is 0 Å². The van der Waals surface area contributed by atoms with Crippen LogP contribution in [-0.4, -0.2) is 45.0 Å². The van der Waals surface area contributed by atoms with Crippen LogP contribution in [0.25, 0.3) is 0 Å². The van der Waals surface area contributed by atoms with Crippen molar-refractivity contribution < 1.29 is 9.47 Å². The third-order valence-electron chi connectivity index (χ3n) is 3.09. The van der Waals surface area contributed by atoms with E-state index >= 15 is 0 Å². The molecule has 112 valence electrons. The van der Waals surface area contributed by atoms with Crippen molar-refractivity contribution in [1.82, 2.24) is 10.7 Å². The van der Waals surface area contributed by atoms with Gasteiger partial charge < -0.3 is 14.8 Å². The highest BCUT2D eigenvalue weighted by Crippen LogP contribution is 2.14. The van der Waals surface area contributed by atoms with E-state index in [2.05, 4.69) is 15.7 Å². The first-order valence-electron chi connectivity index (χ1n) is 7.31. The van der Waals surface area contributed by atoms with Gasteiger partial charge in [-0.3, -0.25) is 10.4 Å². The molecule has 1 atom stereocenters. The lowest BCUT2D eigenvalue weighted by molar-refractivity contribution is 0.0122. The second-order valence-electron chi connectivity index (χ2n) is 4.63. The summed E-state index contributed by atoms with van der Waals surface area (Å²) in [6.45, 7) is 5.94. The minimum Gasteiger partial charge on any atom is -0.382 e. The van der Waals surface area contributed by atoms with Gasteiger partial charge in [0, 0.05) is 32.9 Å². The predicted molar refractivity (Wildman–Crippen MR) is 76.9 cm³/mol. The first-order valence-corrected chi connectivity index (χ1v) is 7.31. The van der Waals surface area contributed by atoms with Gasteiger partial charge in [0.25, 0.3) is 0 Å². The molecule has 6 heteroatoms. The van der Waals surface area contributed by atoms with Gasteiger partial charge in [-0.05, 0) is 39.0 Å². The predicted octanol–water partition coefficient (Wildman–Crippen LogP) is 0.781. The molecule has 19 heavy (non-hydrogen) atoms.